The summed E-state index contributed by atoms with van der Waals surface area (Å²) in [5.74, 6) is 0.602. The highest BCUT2D eigenvalue weighted by Gasteiger charge is 2.23. The number of fused-ring (bicyclic) bond motifs is 1. The Morgan fingerprint density at radius 2 is 1.81 bits per heavy atom. The Bertz CT molecular complexity index is 1030. The minimum atomic E-state index is -0.0274. The van der Waals surface area contributed by atoms with Gasteiger partial charge in [0.2, 0.25) is 0 Å². The third kappa shape index (κ3) is 4.66. The van der Waals surface area contributed by atoms with Crippen molar-refractivity contribution in [1.29, 1.82) is 0 Å². The first kappa shape index (κ1) is 22.3. The summed E-state index contributed by atoms with van der Waals surface area (Å²) in [6.07, 6.45) is 8.64. The molecule has 1 saturated carbocycles. The second-order valence-corrected chi connectivity index (χ2v) is 9.78. The van der Waals surface area contributed by atoms with Gasteiger partial charge < -0.3 is 10.6 Å². The molecule has 5 rings (SSSR count). The number of rotatable bonds is 4. The molecule has 1 amide bonds. The molecule has 5 nitrogen and oxygen atoms in total. The van der Waals surface area contributed by atoms with Gasteiger partial charge in [-0.25, -0.2) is 0 Å². The van der Waals surface area contributed by atoms with E-state index in [9.17, 15) is 4.79 Å². The lowest BCUT2D eigenvalue weighted by molar-refractivity contribution is 0.103. The van der Waals surface area contributed by atoms with Crippen LogP contribution < -0.4 is 10.6 Å². The number of thiophene rings is 1. The largest absolute Gasteiger partial charge is 0.321 e. The van der Waals surface area contributed by atoms with Crippen LogP contribution in [0.15, 0.2) is 30.3 Å². The number of aryl methyl sites for hydroxylation is 1. The van der Waals surface area contributed by atoms with E-state index in [0.717, 1.165) is 39.6 Å². The van der Waals surface area contributed by atoms with Crippen molar-refractivity contribution < 1.29 is 4.79 Å². The zero-order valence-corrected chi connectivity index (χ0v) is 19.7. The molecule has 1 aliphatic heterocycles. The van der Waals surface area contributed by atoms with Gasteiger partial charge in [0.05, 0.1) is 16.6 Å². The minimum absolute atomic E-state index is 0. The Morgan fingerprint density at radius 3 is 2.52 bits per heavy atom. The molecule has 2 N–H and O–H groups in total. The average molecular weight is 459 g/mol. The quantitative estimate of drug-likeness (QED) is 0.500. The highest BCUT2D eigenvalue weighted by Crippen LogP contribution is 2.35. The number of carbonyl (C=O) groups excluding carboxylic acids is 1. The standard InChI is InChI=1S/C24H30N4OS.ClH/c1-16-21-15-22(30-24(21)28(27-16)20-5-3-2-4-6-20)23(29)26-19-9-7-17(8-10-19)18-11-13-25-14-12-18;/h7-10,15,18,20,25H,2-6,11-14H2,1H3,(H,26,29);1H. The van der Waals surface area contributed by atoms with Crippen LogP contribution in [0, 0.1) is 6.92 Å². The van der Waals surface area contributed by atoms with Crippen LogP contribution in [0.5, 0.6) is 0 Å². The van der Waals surface area contributed by atoms with E-state index in [1.54, 1.807) is 11.3 Å². The number of anilines is 1. The lowest BCUT2D eigenvalue weighted by Gasteiger charge is -2.23. The summed E-state index contributed by atoms with van der Waals surface area (Å²) in [5.41, 5.74) is 3.26. The molecule has 166 valence electrons. The molecule has 0 spiro atoms. The van der Waals surface area contributed by atoms with Crippen LogP contribution in [-0.2, 0) is 0 Å². The third-order valence-corrected chi connectivity index (χ3v) is 7.82. The van der Waals surface area contributed by atoms with Gasteiger partial charge in [0, 0.05) is 11.1 Å². The molecule has 1 aromatic carbocycles. The fraction of sp³-hybridized carbons (Fsp3) is 0.500. The summed E-state index contributed by atoms with van der Waals surface area (Å²) in [7, 11) is 0. The smallest absolute Gasteiger partial charge is 0.265 e. The zero-order chi connectivity index (χ0) is 20.5. The molecular weight excluding hydrogens is 428 g/mol. The van der Waals surface area contributed by atoms with E-state index in [-0.39, 0.29) is 18.3 Å². The fourth-order valence-electron chi connectivity index (χ4n) is 4.94. The Kier molecular flexibility index (Phi) is 6.99. The van der Waals surface area contributed by atoms with Crippen molar-refractivity contribution in [2.24, 2.45) is 0 Å². The molecule has 3 heterocycles. The number of hydrogen-bond donors (Lipinski definition) is 2. The van der Waals surface area contributed by atoms with Gasteiger partial charge in [0.1, 0.15) is 4.83 Å². The van der Waals surface area contributed by atoms with Crippen molar-refractivity contribution in [2.45, 2.75) is 63.8 Å². The van der Waals surface area contributed by atoms with Crippen LogP contribution in [0.25, 0.3) is 10.2 Å². The van der Waals surface area contributed by atoms with Crippen LogP contribution in [0.2, 0.25) is 0 Å². The lowest BCUT2D eigenvalue weighted by atomic mass is 9.90. The van der Waals surface area contributed by atoms with E-state index in [4.69, 9.17) is 5.10 Å². The summed E-state index contributed by atoms with van der Waals surface area (Å²) in [6, 6.07) is 10.9. The number of nitrogens with one attached hydrogen (secondary N) is 2. The Labute approximate surface area is 194 Å². The van der Waals surface area contributed by atoms with Gasteiger partial charge in [-0.3, -0.25) is 9.48 Å². The summed E-state index contributed by atoms with van der Waals surface area (Å²) >= 11 is 1.57. The summed E-state index contributed by atoms with van der Waals surface area (Å²) < 4.78 is 2.19. The number of benzene rings is 1. The van der Waals surface area contributed by atoms with Crippen LogP contribution in [-0.4, -0.2) is 28.8 Å². The first-order chi connectivity index (χ1) is 14.7. The molecule has 2 fully saturated rings. The van der Waals surface area contributed by atoms with Crippen LogP contribution in [0.1, 0.15) is 77.8 Å². The van der Waals surface area contributed by atoms with Gasteiger partial charge in [-0.05, 0) is 75.4 Å². The van der Waals surface area contributed by atoms with Gasteiger partial charge in [-0.1, -0.05) is 31.4 Å². The van der Waals surface area contributed by atoms with Crippen molar-refractivity contribution in [1.82, 2.24) is 15.1 Å². The van der Waals surface area contributed by atoms with E-state index >= 15 is 0 Å². The van der Waals surface area contributed by atoms with Gasteiger partial charge in [0.25, 0.3) is 5.91 Å². The van der Waals surface area contributed by atoms with E-state index in [2.05, 4.69) is 34.4 Å². The van der Waals surface area contributed by atoms with E-state index in [0.29, 0.717) is 12.0 Å². The highest BCUT2D eigenvalue weighted by molar-refractivity contribution is 7.20. The van der Waals surface area contributed by atoms with Gasteiger partial charge >= 0.3 is 0 Å². The van der Waals surface area contributed by atoms with E-state index in [1.165, 1.54) is 50.5 Å². The molecule has 0 bridgehead atoms. The monoisotopic (exact) mass is 458 g/mol. The summed E-state index contributed by atoms with van der Waals surface area (Å²) in [6.45, 7) is 4.23. The maximum Gasteiger partial charge on any atom is 0.265 e. The Morgan fingerprint density at radius 1 is 1.10 bits per heavy atom. The molecular formula is C24H31ClN4OS. The van der Waals surface area contributed by atoms with Gasteiger partial charge in [-0.2, -0.15) is 5.10 Å². The van der Waals surface area contributed by atoms with Gasteiger partial charge in [-0.15, -0.1) is 23.7 Å². The van der Waals surface area contributed by atoms with Crippen molar-refractivity contribution >= 4 is 45.6 Å². The average Bonchev–Trinajstić information content (AvgIpc) is 3.36. The Balaban J connectivity index is 0.00000231. The maximum absolute atomic E-state index is 12.9. The van der Waals surface area contributed by atoms with E-state index < -0.39 is 0 Å². The van der Waals surface area contributed by atoms with Crippen molar-refractivity contribution in [3.05, 3.63) is 46.5 Å². The third-order valence-electron chi connectivity index (χ3n) is 6.69. The van der Waals surface area contributed by atoms with Crippen molar-refractivity contribution in [3.8, 4) is 0 Å². The maximum atomic E-state index is 12.9. The van der Waals surface area contributed by atoms with Gasteiger partial charge in [0.15, 0.2) is 0 Å². The van der Waals surface area contributed by atoms with Crippen LogP contribution in [0.3, 0.4) is 0 Å². The summed E-state index contributed by atoms with van der Waals surface area (Å²) in [4.78, 5) is 14.8. The number of halogens is 1. The fourth-order valence-corrected chi connectivity index (χ4v) is 6.07. The zero-order valence-electron chi connectivity index (χ0n) is 18.0. The number of piperidine rings is 1. The predicted molar refractivity (Wildman–Crippen MR) is 131 cm³/mol. The predicted octanol–water partition coefficient (Wildman–Crippen LogP) is 6.05. The molecule has 2 aromatic heterocycles. The number of nitrogens with zero attached hydrogens (tertiary/aromatic N) is 2. The molecule has 31 heavy (non-hydrogen) atoms. The molecule has 2 aliphatic rings. The minimum Gasteiger partial charge on any atom is -0.321 e. The lowest BCUT2D eigenvalue weighted by Crippen LogP contribution is -2.26. The molecule has 0 atom stereocenters. The SMILES string of the molecule is Cc1nn(C2CCCCC2)c2sc(C(=O)Nc3ccc(C4CCNCC4)cc3)cc12.Cl. The Hall–Kier alpha value is -1.89. The molecule has 3 aromatic rings. The first-order valence-corrected chi connectivity index (χ1v) is 12.1. The van der Waals surface area contributed by atoms with E-state index in [1.807, 2.05) is 18.2 Å². The molecule has 7 heteroatoms. The van der Waals surface area contributed by atoms with Crippen LogP contribution in [0.4, 0.5) is 5.69 Å². The second kappa shape index (κ2) is 9.72. The molecule has 1 aliphatic carbocycles. The second-order valence-electron chi connectivity index (χ2n) is 8.75. The normalized spacial score (nSPS) is 18.1. The van der Waals surface area contributed by atoms with Crippen molar-refractivity contribution in [2.75, 3.05) is 18.4 Å². The summed E-state index contributed by atoms with van der Waals surface area (Å²) in [5, 5.41) is 12.4. The highest BCUT2D eigenvalue weighted by atomic mass is 35.5. The van der Waals surface area contributed by atoms with Crippen LogP contribution >= 0.6 is 23.7 Å². The topological polar surface area (TPSA) is 59.0 Å². The number of amides is 1. The number of carbonyl (C=O) groups is 1. The molecule has 0 unspecified atom stereocenters. The number of hydrogen-bond acceptors (Lipinski definition) is 4. The molecule has 1 saturated heterocycles. The molecule has 0 radical (unpaired) electrons. The number of aromatic nitrogens is 2. The first-order valence-electron chi connectivity index (χ1n) is 11.3. The van der Waals surface area contributed by atoms with Crippen molar-refractivity contribution in [3.63, 3.8) is 0 Å².